The van der Waals surface area contributed by atoms with E-state index in [0.717, 1.165) is 23.8 Å². The van der Waals surface area contributed by atoms with Crippen molar-refractivity contribution in [3.63, 3.8) is 0 Å². The van der Waals surface area contributed by atoms with Crippen molar-refractivity contribution in [2.24, 2.45) is 12.8 Å². The molecule has 0 bridgehead atoms. The van der Waals surface area contributed by atoms with Crippen molar-refractivity contribution in [3.8, 4) is 0 Å². The summed E-state index contributed by atoms with van der Waals surface area (Å²) in [7, 11) is 1.85. The zero-order chi connectivity index (χ0) is 12.1. The normalized spacial score (nSPS) is 12.8. The van der Waals surface area contributed by atoms with Gasteiger partial charge in [-0.1, -0.05) is 11.8 Å². The summed E-state index contributed by atoms with van der Waals surface area (Å²) >= 11 is 3.36. The Labute approximate surface area is 108 Å². The molecule has 7 heteroatoms. The SMILES string of the molecule is Cn1nnnc1SCCCC(N)c1ccsc1. The molecule has 0 aromatic carbocycles. The summed E-state index contributed by atoms with van der Waals surface area (Å²) in [5.41, 5.74) is 7.32. The molecule has 0 aliphatic rings. The minimum absolute atomic E-state index is 0.152. The van der Waals surface area contributed by atoms with Gasteiger partial charge in [-0.3, -0.25) is 0 Å². The van der Waals surface area contributed by atoms with Gasteiger partial charge in [0.15, 0.2) is 0 Å². The molecule has 2 aromatic heterocycles. The zero-order valence-electron chi connectivity index (χ0n) is 9.61. The van der Waals surface area contributed by atoms with Crippen LogP contribution in [0.25, 0.3) is 0 Å². The van der Waals surface area contributed by atoms with Crippen molar-refractivity contribution in [1.82, 2.24) is 20.2 Å². The Balaban J connectivity index is 1.68. The minimum Gasteiger partial charge on any atom is -0.324 e. The minimum atomic E-state index is 0.152. The third kappa shape index (κ3) is 3.52. The van der Waals surface area contributed by atoms with Crippen LogP contribution in [0.1, 0.15) is 24.4 Å². The molecule has 1 atom stereocenters. The van der Waals surface area contributed by atoms with Crippen molar-refractivity contribution in [2.45, 2.75) is 24.0 Å². The van der Waals surface area contributed by atoms with Crippen LogP contribution in [0.4, 0.5) is 0 Å². The molecule has 0 saturated carbocycles. The maximum absolute atomic E-state index is 6.08. The van der Waals surface area contributed by atoms with Crippen molar-refractivity contribution in [1.29, 1.82) is 0 Å². The average molecular weight is 269 g/mol. The van der Waals surface area contributed by atoms with Crippen molar-refractivity contribution >= 4 is 23.1 Å². The van der Waals surface area contributed by atoms with E-state index in [2.05, 4.69) is 32.4 Å². The van der Waals surface area contributed by atoms with Crippen LogP contribution >= 0.6 is 23.1 Å². The molecular weight excluding hydrogens is 254 g/mol. The maximum atomic E-state index is 6.08. The first kappa shape index (κ1) is 12.5. The summed E-state index contributed by atoms with van der Waals surface area (Å²) in [6.45, 7) is 0. The third-order valence-electron chi connectivity index (χ3n) is 2.44. The second-order valence-electron chi connectivity index (χ2n) is 3.74. The molecule has 2 aromatic rings. The van der Waals surface area contributed by atoms with Gasteiger partial charge in [0.2, 0.25) is 5.16 Å². The van der Waals surface area contributed by atoms with E-state index in [1.54, 1.807) is 27.8 Å². The van der Waals surface area contributed by atoms with Crippen LogP contribution in [0.3, 0.4) is 0 Å². The van der Waals surface area contributed by atoms with Crippen molar-refractivity contribution in [3.05, 3.63) is 22.4 Å². The van der Waals surface area contributed by atoms with E-state index in [9.17, 15) is 0 Å². The highest BCUT2D eigenvalue weighted by atomic mass is 32.2. The van der Waals surface area contributed by atoms with Crippen LogP contribution < -0.4 is 5.73 Å². The summed E-state index contributed by atoms with van der Waals surface area (Å²) < 4.78 is 1.68. The highest BCUT2D eigenvalue weighted by Crippen LogP contribution is 2.21. The predicted molar refractivity (Wildman–Crippen MR) is 70.0 cm³/mol. The van der Waals surface area contributed by atoms with Crippen LogP contribution in [0.2, 0.25) is 0 Å². The van der Waals surface area contributed by atoms with Crippen LogP contribution in [0, 0.1) is 0 Å². The Morgan fingerprint density at radius 3 is 3.12 bits per heavy atom. The van der Waals surface area contributed by atoms with Gasteiger partial charge in [0.05, 0.1) is 0 Å². The second-order valence-corrected chi connectivity index (χ2v) is 5.58. The molecule has 2 rings (SSSR count). The molecule has 0 saturated heterocycles. The van der Waals surface area contributed by atoms with Crippen molar-refractivity contribution in [2.75, 3.05) is 5.75 Å². The number of nitrogens with zero attached hydrogens (tertiary/aromatic N) is 4. The van der Waals surface area contributed by atoms with Crippen LogP contribution in [-0.4, -0.2) is 26.0 Å². The number of thioether (sulfide) groups is 1. The highest BCUT2D eigenvalue weighted by molar-refractivity contribution is 7.99. The van der Waals surface area contributed by atoms with E-state index in [1.165, 1.54) is 5.56 Å². The van der Waals surface area contributed by atoms with Gasteiger partial charge in [-0.2, -0.15) is 11.3 Å². The van der Waals surface area contributed by atoms with Gasteiger partial charge in [-0.15, -0.1) is 5.10 Å². The van der Waals surface area contributed by atoms with Gasteiger partial charge in [-0.05, 0) is 45.7 Å². The Hall–Kier alpha value is -0.920. The molecular formula is C10H15N5S2. The Morgan fingerprint density at radius 2 is 2.47 bits per heavy atom. The number of hydrogen-bond donors (Lipinski definition) is 1. The van der Waals surface area contributed by atoms with Gasteiger partial charge in [-0.25, -0.2) is 4.68 Å². The standard InChI is InChI=1S/C10H15N5S2/c1-15-10(12-13-14-15)17-5-2-3-9(11)8-4-6-16-7-8/h4,6-7,9H,2-3,5,11H2,1H3. The quantitative estimate of drug-likeness (QED) is 0.640. The van der Waals surface area contributed by atoms with E-state index in [1.807, 2.05) is 7.05 Å². The largest absolute Gasteiger partial charge is 0.324 e. The summed E-state index contributed by atoms with van der Waals surface area (Å²) in [6.07, 6.45) is 2.06. The van der Waals surface area contributed by atoms with E-state index >= 15 is 0 Å². The first-order chi connectivity index (χ1) is 8.27. The summed E-state index contributed by atoms with van der Waals surface area (Å²) in [5.74, 6) is 0.992. The molecule has 0 fully saturated rings. The zero-order valence-corrected chi connectivity index (χ0v) is 11.2. The number of thiophene rings is 1. The molecule has 2 N–H and O–H groups in total. The number of nitrogens with two attached hydrogens (primary N) is 1. The lowest BCUT2D eigenvalue weighted by atomic mass is 10.1. The van der Waals surface area contributed by atoms with E-state index in [4.69, 9.17) is 5.73 Å². The van der Waals surface area contributed by atoms with Gasteiger partial charge in [0.25, 0.3) is 0 Å². The first-order valence-corrected chi connectivity index (χ1v) is 7.33. The van der Waals surface area contributed by atoms with E-state index in [-0.39, 0.29) is 6.04 Å². The molecule has 0 radical (unpaired) electrons. The summed E-state index contributed by atoms with van der Waals surface area (Å²) in [5, 5.41) is 16.3. The molecule has 1 unspecified atom stereocenters. The fourth-order valence-electron chi connectivity index (χ4n) is 1.46. The highest BCUT2D eigenvalue weighted by Gasteiger charge is 2.07. The lowest BCUT2D eigenvalue weighted by Crippen LogP contribution is -2.09. The van der Waals surface area contributed by atoms with Crippen LogP contribution in [0.5, 0.6) is 0 Å². The lowest BCUT2D eigenvalue weighted by molar-refractivity contribution is 0.641. The molecule has 17 heavy (non-hydrogen) atoms. The van der Waals surface area contributed by atoms with Gasteiger partial charge >= 0.3 is 0 Å². The number of hydrogen-bond acceptors (Lipinski definition) is 6. The number of aromatic nitrogens is 4. The molecule has 92 valence electrons. The maximum Gasteiger partial charge on any atom is 0.209 e. The Bertz CT molecular complexity index is 439. The molecule has 0 aliphatic carbocycles. The molecule has 5 nitrogen and oxygen atoms in total. The summed E-state index contributed by atoms with van der Waals surface area (Å²) in [4.78, 5) is 0. The van der Waals surface area contributed by atoms with E-state index in [0.29, 0.717) is 0 Å². The Morgan fingerprint density at radius 1 is 1.59 bits per heavy atom. The number of tetrazole rings is 1. The topological polar surface area (TPSA) is 69.6 Å². The smallest absolute Gasteiger partial charge is 0.209 e. The molecule has 0 amide bonds. The second kappa shape index (κ2) is 6.13. The average Bonchev–Trinajstić information content (AvgIpc) is 2.96. The molecule has 0 aliphatic heterocycles. The third-order valence-corrected chi connectivity index (χ3v) is 4.24. The predicted octanol–water partition coefficient (Wildman–Crippen LogP) is 1.84. The van der Waals surface area contributed by atoms with E-state index < -0.39 is 0 Å². The lowest BCUT2D eigenvalue weighted by Gasteiger charge is -2.08. The van der Waals surface area contributed by atoms with Crippen molar-refractivity contribution < 1.29 is 0 Å². The number of rotatable bonds is 6. The summed E-state index contributed by atoms with van der Waals surface area (Å²) in [6, 6.07) is 2.24. The van der Waals surface area contributed by atoms with Gasteiger partial charge in [0.1, 0.15) is 0 Å². The van der Waals surface area contributed by atoms with Crippen LogP contribution in [0.15, 0.2) is 22.0 Å². The van der Waals surface area contributed by atoms with Gasteiger partial charge < -0.3 is 5.73 Å². The monoisotopic (exact) mass is 269 g/mol. The van der Waals surface area contributed by atoms with Gasteiger partial charge in [0, 0.05) is 18.8 Å². The van der Waals surface area contributed by atoms with Crippen LogP contribution in [-0.2, 0) is 7.05 Å². The fourth-order valence-corrected chi connectivity index (χ4v) is 3.00. The number of aryl methyl sites for hydroxylation is 1. The Kier molecular flexibility index (Phi) is 4.52. The molecule has 2 heterocycles. The first-order valence-electron chi connectivity index (χ1n) is 5.40. The molecule has 0 spiro atoms. The fraction of sp³-hybridized carbons (Fsp3) is 0.500.